The highest BCUT2D eigenvalue weighted by molar-refractivity contribution is 9.10. The van der Waals surface area contributed by atoms with Crippen LogP contribution in [0.2, 0.25) is 0 Å². The first-order valence-corrected chi connectivity index (χ1v) is 7.08. The van der Waals surface area contributed by atoms with Crippen LogP contribution in [-0.2, 0) is 4.79 Å². The van der Waals surface area contributed by atoms with E-state index in [-0.39, 0.29) is 17.4 Å². The normalized spacial score (nSPS) is 24.8. The lowest BCUT2D eigenvalue weighted by Crippen LogP contribution is -2.41. The van der Waals surface area contributed by atoms with Gasteiger partial charge in [0, 0.05) is 11.0 Å². The minimum atomic E-state index is -0.260. The highest BCUT2D eigenvalue weighted by atomic mass is 79.9. The Kier molecular flexibility index (Phi) is 4.07. The van der Waals surface area contributed by atoms with Crippen LogP contribution in [-0.4, -0.2) is 19.0 Å². The number of hydrogen-bond acceptors (Lipinski definition) is 2. The van der Waals surface area contributed by atoms with E-state index < -0.39 is 0 Å². The predicted molar refractivity (Wildman–Crippen MR) is 76.3 cm³/mol. The number of halogens is 1. The highest BCUT2D eigenvalue weighted by Gasteiger charge is 2.36. The molecule has 0 radical (unpaired) electrons. The van der Waals surface area contributed by atoms with Crippen LogP contribution < -0.4 is 10.6 Å². The quantitative estimate of drug-likeness (QED) is 0.901. The molecule has 18 heavy (non-hydrogen) atoms. The summed E-state index contributed by atoms with van der Waals surface area (Å²) in [7, 11) is 0. The fourth-order valence-corrected chi connectivity index (χ4v) is 2.48. The molecule has 1 aromatic carbocycles. The topological polar surface area (TPSA) is 41.1 Å². The zero-order valence-corrected chi connectivity index (χ0v) is 12.4. The zero-order valence-electron chi connectivity index (χ0n) is 10.8. The zero-order chi connectivity index (χ0) is 13.2. The van der Waals surface area contributed by atoms with Crippen molar-refractivity contribution in [3.63, 3.8) is 0 Å². The van der Waals surface area contributed by atoms with Gasteiger partial charge in [-0.1, -0.05) is 28.1 Å². The first-order valence-electron chi connectivity index (χ1n) is 6.28. The van der Waals surface area contributed by atoms with Crippen molar-refractivity contribution in [1.82, 2.24) is 10.6 Å². The summed E-state index contributed by atoms with van der Waals surface area (Å²) >= 11 is 3.41. The fraction of sp³-hybridized carbons (Fsp3) is 0.500. The summed E-state index contributed by atoms with van der Waals surface area (Å²) in [5.74, 6) is 0.142. The standard InChI is InChI=1S/C14H19BrN2O/c1-10(11-3-5-12(15)6-4-11)17-13(18)14(2)7-8-16-9-14/h3-6,10,16H,7-9H2,1-2H3,(H,17,18)/t10-,14?/m1/s1. The lowest BCUT2D eigenvalue weighted by atomic mass is 9.88. The molecule has 0 saturated carbocycles. The molecule has 2 atom stereocenters. The molecule has 3 nitrogen and oxygen atoms in total. The van der Waals surface area contributed by atoms with Gasteiger partial charge in [0.2, 0.25) is 5.91 Å². The largest absolute Gasteiger partial charge is 0.349 e. The molecule has 0 spiro atoms. The molecule has 1 unspecified atom stereocenters. The van der Waals surface area contributed by atoms with E-state index in [0.717, 1.165) is 29.5 Å². The number of carbonyl (C=O) groups excluding carboxylic acids is 1. The van der Waals surface area contributed by atoms with E-state index in [0.29, 0.717) is 0 Å². The van der Waals surface area contributed by atoms with Crippen molar-refractivity contribution in [2.45, 2.75) is 26.3 Å². The molecule has 2 N–H and O–H groups in total. The monoisotopic (exact) mass is 310 g/mol. The maximum atomic E-state index is 12.3. The molecule has 1 fully saturated rings. The van der Waals surface area contributed by atoms with Crippen molar-refractivity contribution in [1.29, 1.82) is 0 Å². The Morgan fingerprint density at radius 3 is 2.67 bits per heavy atom. The van der Waals surface area contributed by atoms with Crippen molar-refractivity contribution >= 4 is 21.8 Å². The molecular formula is C14H19BrN2O. The second kappa shape index (κ2) is 5.41. The molecular weight excluding hydrogens is 292 g/mol. The second-order valence-corrected chi connectivity index (χ2v) is 6.15. The van der Waals surface area contributed by atoms with Gasteiger partial charge in [0.15, 0.2) is 0 Å². The summed E-state index contributed by atoms with van der Waals surface area (Å²) in [4.78, 5) is 12.3. The van der Waals surface area contributed by atoms with Crippen molar-refractivity contribution in [3.05, 3.63) is 34.3 Å². The molecule has 1 amide bonds. The number of carbonyl (C=O) groups is 1. The fourth-order valence-electron chi connectivity index (χ4n) is 2.22. The van der Waals surface area contributed by atoms with Crippen LogP contribution in [0.5, 0.6) is 0 Å². The number of amides is 1. The van der Waals surface area contributed by atoms with E-state index in [2.05, 4.69) is 26.6 Å². The van der Waals surface area contributed by atoms with Gasteiger partial charge >= 0.3 is 0 Å². The Balaban J connectivity index is 2.00. The minimum Gasteiger partial charge on any atom is -0.349 e. The number of hydrogen-bond donors (Lipinski definition) is 2. The summed E-state index contributed by atoms with van der Waals surface area (Å²) in [6.07, 6.45) is 0.909. The van der Waals surface area contributed by atoms with Crippen LogP contribution in [0.25, 0.3) is 0 Å². The third-order valence-corrected chi connectivity index (χ3v) is 4.16. The van der Waals surface area contributed by atoms with E-state index in [1.165, 1.54) is 0 Å². The first-order chi connectivity index (χ1) is 8.51. The Bertz CT molecular complexity index is 424. The number of nitrogens with one attached hydrogen (secondary N) is 2. The number of benzene rings is 1. The Labute approximate surface area is 116 Å². The van der Waals surface area contributed by atoms with Gasteiger partial charge in [-0.05, 0) is 44.5 Å². The predicted octanol–water partition coefficient (Wildman–Crippen LogP) is 2.63. The summed E-state index contributed by atoms with van der Waals surface area (Å²) in [6, 6.07) is 8.10. The van der Waals surface area contributed by atoms with Crippen molar-refractivity contribution in [2.75, 3.05) is 13.1 Å². The van der Waals surface area contributed by atoms with E-state index in [1.54, 1.807) is 0 Å². The third kappa shape index (κ3) is 2.93. The van der Waals surface area contributed by atoms with Gasteiger partial charge < -0.3 is 10.6 Å². The summed E-state index contributed by atoms with van der Waals surface area (Å²) in [5.41, 5.74) is 0.866. The molecule has 1 aromatic rings. The molecule has 1 saturated heterocycles. The van der Waals surface area contributed by atoms with Gasteiger partial charge in [0.05, 0.1) is 11.5 Å². The Morgan fingerprint density at radius 1 is 1.44 bits per heavy atom. The summed E-state index contributed by atoms with van der Waals surface area (Å²) < 4.78 is 1.05. The lowest BCUT2D eigenvalue weighted by molar-refractivity contribution is -0.129. The SMILES string of the molecule is C[C@@H](NC(=O)C1(C)CCNC1)c1ccc(Br)cc1. The van der Waals surface area contributed by atoms with Crippen LogP contribution in [0, 0.1) is 5.41 Å². The number of rotatable bonds is 3. The maximum absolute atomic E-state index is 12.3. The molecule has 1 aliphatic rings. The van der Waals surface area contributed by atoms with Crippen molar-refractivity contribution in [3.8, 4) is 0 Å². The first kappa shape index (κ1) is 13.6. The van der Waals surface area contributed by atoms with E-state index in [9.17, 15) is 4.79 Å². The smallest absolute Gasteiger partial charge is 0.227 e. The van der Waals surface area contributed by atoms with Crippen LogP contribution in [0.3, 0.4) is 0 Å². The maximum Gasteiger partial charge on any atom is 0.227 e. The van der Waals surface area contributed by atoms with Gasteiger partial charge in [-0.25, -0.2) is 0 Å². The highest BCUT2D eigenvalue weighted by Crippen LogP contribution is 2.26. The van der Waals surface area contributed by atoms with Gasteiger partial charge in [0.25, 0.3) is 0 Å². The molecule has 1 aliphatic heterocycles. The summed E-state index contributed by atoms with van der Waals surface area (Å²) in [6.45, 7) is 5.74. The Morgan fingerprint density at radius 2 is 2.11 bits per heavy atom. The van der Waals surface area contributed by atoms with E-state index >= 15 is 0 Å². The molecule has 2 rings (SSSR count). The molecule has 0 aliphatic carbocycles. The van der Waals surface area contributed by atoms with Crippen molar-refractivity contribution < 1.29 is 4.79 Å². The third-order valence-electron chi connectivity index (χ3n) is 3.63. The minimum absolute atomic E-state index is 0.0445. The van der Waals surface area contributed by atoms with Crippen LogP contribution in [0.15, 0.2) is 28.7 Å². The van der Waals surface area contributed by atoms with Crippen LogP contribution >= 0.6 is 15.9 Å². The molecule has 0 aromatic heterocycles. The average molecular weight is 311 g/mol. The summed E-state index contributed by atoms with van der Waals surface area (Å²) in [5, 5.41) is 6.35. The lowest BCUT2D eigenvalue weighted by Gasteiger charge is -2.24. The van der Waals surface area contributed by atoms with Gasteiger partial charge in [-0.3, -0.25) is 4.79 Å². The van der Waals surface area contributed by atoms with Gasteiger partial charge in [0.1, 0.15) is 0 Å². The van der Waals surface area contributed by atoms with Gasteiger partial charge in [-0.2, -0.15) is 0 Å². The van der Waals surface area contributed by atoms with E-state index in [4.69, 9.17) is 0 Å². The van der Waals surface area contributed by atoms with Crippen molar-refractivity contribution in [2.24, 2.45) is 5.41 Å². The molecule has 1 heterocycles. The van der Waals surface area contributed by atoms with Gasteiger partial charge in [-0.15, -0.1) is 0 Å². The molecule has 98 valence electrons. The average Bonchev–Trinajstić information content (AvgIpc) is 2.78. The second-order valence-electron chi connectivity index (χ2n) is 5.23. The Hall–Kier alpha value is -0.870. The van der Waals surface area contributed by atoms with Crippen LogP contribution in [0.1, 0.15) is 31.9 Å². The molecule has 4 heteroatoms. The van der Waals surface area contributed by atoms with Crippen LogP contribution in [0.4, 0.5) is 0 Å². The molecule has 0 bridgehead atoms. The van der Waals surface area contributed by atoms with E-state index in [1.807, 2.05) is 38.1 Å².